The fraction of sp³-hybridized carbons (Fsp3) is 0.750. The molecule has 0 amide bonds. The van der Waals surface area contributed by atoms with Gasteiger partial charge in [-0.05, 0) is 12.8 Å². The highest BCUT2D eigenvalue weighted by Gasteiger charge is 2.49. The summed E-state index contributed by atoms with van der Waals surface area (Å²) < 4.78 is 0. The number of hydrogen-bond donors (Lipinski definition) is 0. The minimum Gasteiger partial charge on any atom is -0.198 e. The van der Waals surface area contributed by atoms with Gasteiger partial charge in [0.25, 0.3) is 0 Å². The van der Waals surface area contributed by atoms with Gasteiger partial charge >= 0.3 is 0 Å². The second-order valence-electron chi connectivity index (χ2n) is 4.84. The second kappa shape index (κ2) is 11.3. The highest BCUT2D eigenvalue weighted by atomic mass is 14.3. The molecule has 0 spiro atoms. The standard InChI is InChI=1S/C8H10B10N2/c9-10-11-12-13-14-15-16-17-18-7(3-1-5-19)8(18)4-2-6-20/h7-8H,1-4H2. The van der Waals surface area contributed by atoms with Gasteiger partial charge in [-0.3, -0.25) is 0 Å². The maximum atomic E-state index is 8.65. The lowest BCUT2D eigenvalue weighted by Gasteiger charge is -1.95. The molecule has 1 heterocycles. The third-order valence-electron chi connectivity index (χ3n) is 3.58. The lowest BCUT2D eigenvalue weighted by Crippen LogP contribution is -2.32. The molecule has 0 aromatic rings. The Morgan fingerprint density at radius 1 is 0.850 bits per heavy atom. The summed E-state index contributed by atoms with van der Waals surface area (Å²) in [7, 11) is 20.4. The van der Waals surface area contributed by atoms with Crippen LogP contribution in [0, 0.1) is 22.7 Å². The number of hydrogen-bond acceptors (Lipinski definition) is 2. The molecule has 2 unspecified atom stereocenters. The fourth-order valence-electron chi connectivity index (χ4n) is 2.55. The Balaban J connectivity index is 2.08. The van der Waals surface area contributed by atoms with E-state index in [0.717, 1.165) is 12.8 Å². The minimum atomic E-state index is 0.536. The van der Waals surface area contributed by atoms with Crippen LogP contribution in [0.5, 0.6) is 0 Å². The highest BCUT2D eigenvalue weighted by Crippen LogP contribution is 2.54. The van der Waals surface area contributed by atoms with Gasteiger partial charge in [-0.25, -0.2) is 0 Å². The van der Waals surface area contributed by atoms with Crippen molar-refractivity contribution >= 4 is 70.8 Å². The Kier molecular flexibility index (Phi) is 10.00. The van der Waals surface area contributed by atoms with Gasteiger partial charge in [-0.1, -0.05) is 11.6 Å². The first kappa shape index (κ1) is 17.7. The Morgan fingerprint density at radius 2 is 1.35 bits per heavy atom. The molecule has 2 nitrogen and oxygen atoms in total. The average Bonchev–Trinajstić information content (AvgIpc) is 3.13. The third-order valence-corrected chi connectivity index (χ3v) is 3.58. The summed E-state index contributed by atoms with van der Waals surface area (Å²) in [5, 5.41) is 17.3. The molecular formula is C8H10B10N2. The number of rotatable bonds is 12. The van der Waals surface area contributed by atoms with E-state index in [4.69, 9.17) is 18.3 Å². The van der Waals surface area contributed by atoms with Crippen molar-refractivity contribution in [3.8, 4) is 12.1 Å². The van der Waals surface area contributed by atoms with Crippen molar-refractivity contribution in [2.45, 2.75) is 37.3 Å². The van der Waals surface area contributed by atoms with Gasteiger partial charge in [0.05, 0.1) is 18.7 Å². The van der Waals surface area contributed by atoms with Crippen LogP contribution in [0.1, 0.15) is 25.7 Å². The van der Waals surface area contributed by atoms with Crippen molar-refractivity contribution in [1.29, 1.82) is 10.5 Å². The smallest absolute Gasteiger partial charge is 0.0970 e. The zero-order chi connectivity index (χ0) is 14.6. The van der Waals surface area contributed by atoms with E-state index in [-0.39, 0.29) is 0 Å². The zero-order valence-corrected chi connectivity index (χ0v) is 11.7. The van der Waals surface area contributed by atoms with Gasteiger partial charge in [0, 0.05) is 77.1 Å². The predicted molar refractivity (Wildman–Crippen MR) is 94.7 cm³/mol. The van der Waals surface area contributed by atoms with Crippen LogP contribution in [-0.4, -0.2) is 70.8 Å². The first-order valence-electron chi connectivity index (χ1n) is 6.97. The SMILES string of the molecule is [B][B][B][B][B][B][B][B][B]B1C(CCC#N)C1CCC#N. The van der Waals surface area contributed by atoms with Gasteiger partial charge < -0.3 is 0 Å². The van der Waals surface area contributed by atoms with Gasteiger partial charge in [-0.15, -0.1) is 0 Å². The van der Waals surface area contributed by atoms with Crippen LogP contribution in [0.2, 0.25) is 11.6 Å². The Labute approximate surface area is 131 Å². The van der Waals surface area contributed by atoms with Crippen LogP contribution in [0.4, 0.5) is 0 Å². The minimum absolute atomic E-state index is 0.536. The van der Waals surface area contributed by atoms with Crippen LogP contribution in [-0.2, 0) is 0 Å². The van der Waals surface area contributed by atoms with E-state index < -0.39 is 0 Å². The van der Waals surface area contributed by atoms with E-state index in [1.165, 1.54) is 7.06 Å². The van der Waals surface area contributed by atoms with Gasteiger partial charge in [0.15, 0.2) is 0 Å². The summed E-state index contributed by atoms with van der Waals surface area (Å²) in [5.41, 5.74) is 0. The lowest BCUT2D eigenvalue weighted by atomic mass is 8.88. The van der Waals surface area contributed by atoms with E-state index in [1.807, 2.05) is 35.3 Å². The normalized spacial score (nSPS) is 18.8. The molecule has 82 valence electrons. The third kappa shape index (κ3) is 6.87. The van der Waals surface area contributed by atoms with Crippen molar-refractivity contribution in [3.63, 3.8) is 0 Å². The number of nitriles is 2. The molecule has 1 aliphatic heterocycles. The van der Waals surface area contributed by atoms with E-state index in [2.05, 4.69) is 19.2 Å². The summed E-state index contributed by atoms with van der Waals surface area (Å²) in [4.78, 5) is 0. The summed E-state index contributed by atoms with van der Waals surface area (Å²) in [5.74, 6) is 1.17. The average molecular weight is 242 g/mol. The largest absolute Gasteiger partial charge is 0.198 e. The molecule has 0 bridgehead atoms. The summed E-state index contributed by atoms with van der Waals surface area (Å²) >= 11 is 0. The predicted octanol–water partition coefficient (Wildman–Crippen LogP) is -1.54. The van der Waals surface area contributed by atoms with Crippen molar-refractivity contribution < 1.29 is 0 Å². The summed E-state index contributed by atoms with van der Waals surface area (Å²) in [6.45, 7) is 0.536. The quantitative estimate of drug-likeness (QED) is 0.308. The number of nitrogens with zero attached hydrogens (tertiary/aromatic N) is 2. The van der Waals surface area contributed by atoms with Crippen molar-refractivity contribution in [2.75, 3.05) is 0 Å². The molecule has 1 fully saturated rings. The Hall–Kier alpha value is -0.371. The monoisotopic (exact) mass is 244 g/mol. The zero-order valence-electron chi connectivity index (χ0n) is 11.7. The van der Waals surface area contributed by atoms with Crippen LogP contribution in [0.3, 0.4) is 0 Å². The molecule has 2 atom stereocenters. The van der Waals surface area contributed by atoms with Crippen molar-refractivity contribution in [2.24, 2.45) is 0 Å². The van der Waals surface area contributed by atoms with Crippen molar-refractivity contribution in [1.82, 2.24) is 0 Å². The van der Waals surface area contributed by atoms with E-state index >= 15 is 0 Å². The van der Waals surface area contributed by atoms with E-state index in [1.54, 1.807) is 7.06 Å². The molecule has 10 radical (unpaired) electrons. The molecule has 0 aromatic carbocycles. The highest BCUT2D eigenvalue weighted by molar-refractivity contribution is 7.69. The lowest BCUT2D eigenvalue weighted by molar-refractivity contribution is 0.742. The molecule has 1 saturated heterocycles. The molecule has 0 aromatic heterocycles. The van der Waals surface area contributed by atoms with Gasteiger partial charge in [-0.2, -0.15) is 10.5 Å². The fourth-order valence-corrected chi connectivity index (χ4v) is 2.55. The van der Waals surface area contributed by atoms with Crippen LogP contribution in [0.25, 0.3) is 0 Å². The van der Waals surface area contributed by atoms with Crippen LogP contribution >= 0.6 is 0 Å². The van der Waals surface area contributed by atoms with Gasteiger partial charge in [0.2, 0.25) is 0 Å². The molecule has 0 saturated carbocycles. The molecule has 20 heavy (non-hydrogen) atoms. The Morgan fingerprint density at radius 3 is 1.85 bits per heavy atom. The van der Waals surface area contributed by atoms with E-state index in [0.29, 0.717) is 31.1 Å². The first-order chi connectivity index (χ1) is 9.85. The van der Waals surface area contributed by atoms with E-state index in [9.17, 15) is 0 Å². The Bertz CT molecular complexity index is 317. The first-order valence-corrected chi connectivity index (χ1v) is 6.97. The summed E-state index contributed by atoms with van der Waals surface area (Å²) in [6, 6.07) is 4.41. The molecule has 12 heteroatoms. The maximum absolute atomic E-state index is 8.65. The summed E-state index contributed by atoms with van der Waals surface area (Å²) in [6.07, 6.45) is 3.13. The second-order valence-corrected chi connectivity index (χ2v) is 4.84. The van der Waals surface area contributed by atoms with Crippen molar-refractivity contribution in [3.05, 3.63) is 0 Å². The molecular weight excluding hydrogens is 232 g/mol. The molecule has 0 aliphatic carbocycles. The molecule has 0 N–H and O–H groups in total. The van der Waals surface area contributed by atoms with Crippen LogP contribution in [0.15, 0.2) is 0 Å². The topological polar surface area (TPSA) is 47.6 Å². The molecule has 1 rings (SSSR count). The molecule has 1 aliphatic rings. The maximum Gasteiger partial charge on any atom is 0.0970 e. The van der Waals surface area contributed by atoms with Gasteiger partial charge in [0.1, 0.15) is 0 Å². The van der Waals surface area contributed by atoms with Crippen LogP contribution < -0.4 is 0 Å².